The van der Waals surface area contributed by atoms with Crippen molar-refractivity contribution in [3.63, 3.8) is 0 Å². The molecule has 6 nitrogen and oxygen atoms in total. The molecule has 0 aliphatic carbocycles. The average Bonchev–Trinajstić information content (AvgIpc) is 3.06. The summed E-state index contributed by atoms with van der Waals surface area (Å²) in [5, 5.41) is 5.34. The van der Waals surface area contributed by atoms with Crippen LogP contribution in [0.25, 0.3) is 0 Å². The molecule has 0 bridgehead atoms. The zero-order valence-electron chi connectivity index (χ0n) is 14.6. The summed E-state index contributed by atoms with van der Waals surface area (Å²) in [5.74, 6) is -0.469. The third kappa shape index (κ3) is 4.27. The first-order chi connectivity index (χ1) is 12.5. The van der Waals surface area contributed by atoms with Crippen LogP contribution in [0.5, 0.6) is 0 Å². The summed E-state index contributed by atoms with van der Waals surface area (Å²) >= 11 is 0. The Morgan fingerprint density at radius 1 is 1.12 bits per heavy atom. The molecule has 0 radical (unpaired) electrons. The number of nitrogens with one attached hydrogen (secondary N) is 2. The fourth-order valence-corrected chi connectivity index (χ4v) is 2.90. The highest BCUT2D eigenvalue weighted by Crippen LogP contribution is 2.22. The van der Waals surface area contributed by atoms with Crippen LogP contribution in [0.3, 0.4) is 0 Å². The Morgan fingerprint density at radius 2 is 1.88 bits per heavy atom. The molecule has 0 atom stereocenters. The minimum Gasteiger partial charge on any atom is -0.343 e. The van der Waals surface area contributed by atoms with Crippen molar-refractivity contribution in [2.24, 2.45) is 0 Å². The van der Waals surface area contributed by atoms with E-state index >= 15 is 0 Å². The van der Waals surface area contributed by atoms with Gasteiger partial charge in [-0.3, -0.25) is 14.4 Å². The maximum Gasteiger partial charge on any atom is 0.251 e. The van der Waals surface area contributed by atoms with Gasteiger partial charge in [-0.25, -0.2) is 0 Å². The van der Waals surface area contributed by atoms with Crippen LogP contribution in [0, 0.1) is 6.92 Å². The normalized spacial score (nSPS) is 13.6. The van der Waals surface area contributed by atoms with Gasteiger partial charge in [0.15, 0.2) is 0 Å². The van der Waals surface area contributed by atoms with E-state index in [1.165, 1.54) is 0 Å². The van der Waals surface area contributed by atoms with Gasteiger partial charge in [-0.05, 0) is 49.7 Å². The third-order valence-electron chi connectivity index (χ3n) is 4.23. The van der Waals surface area contributed by atoms with Gasteiger partial charge in [0.1, 0.15) is 0 Å². The summed E-state index contributed by atoms with van der Waals surface area (Å²) in [7, 11) is 0. The second-order valence-corrected chi connectivity index (χ2v) is 6.30. The molecule has 6 heteroatoms. The fraction of sp³-hybridized carbons (Fsp3) is 0.250. The summed E-state index contributed by atoms with van der Waals surface area (Å²) in [5.41, 5.74) is 2.96. The molecule has 0 saturated carbocycles. The third-order valence-corrected chi connectivity index (χ3v) is 4.23. The standard InChI is InChI=1S/C20H21N3O3/c1-14-4-2-5-15(12-14)20(26)21-13-18(24)22-16-7-9-17(10-8-16)23-11-3-6-19(23)25/h2,4-5,7-10,12H,3,6,11,13H2,1H3,(H,21,26)(H,22,24). The Labute approximate surface area is 152 Å². The van der Waals surface area contributed by atoms with Gasteiger partial charge in [-0.15, -0.1) is 0 Å². The van der Waals surface area contributed by atoms with Gasteiger partial charge in [0, 0.05) is 29.9 Å². The average molecular weight is 351 g/mol. The SMILES string of the molecule is Cc1cccc(C(=O)NCC(=O)Nc2ccc(N3CCCC3=O)cc2)c1. The van der Waals surface area contributed by atoms with E-state index < -0.39 is 0 Å². The minimum absolute atomic E-state index is 0.112. The molecule has 2 aromatic carbocycles. The van der Waals surface area contributed by atoms with E-state index in [1.54, 1.807) is 35.2 Å². The summed E-state index contributed by atoms with van der Waals surface area (Å²) < 4.78 is 0. The van der Waals surface area contributed by atoms with Gasteiger partial charge in [-0.2, -0.15) is 0 Å². The van der Waals surface area contributed by atoms with Gasteiger partial charge < -0.3 is 15.5 Å². The lowest BCUT2D eigenvalue weighted by molar-refractivity contribution is -0.117. The lowest BCUT2D eigenvalue weighted by atomic mass is 10.1. The van der Waals surface area contributed by atoms with Crippen molar-refractivity contribution < 1.29 is 14.4 Å². The van der Waals surface area contributed by atoms with E-state index in [0.29, 0.717) is 17.7 Å². The number of aryl methyl sites for hydroxylation is 1. The Balaban J connectivity index is 1.51. The van der Waals surface area contributed by atoms with Crippen LogP contribution < -0.4 is 15.5 Å². The molecule has 0 unspecified atom stereocenters. The topological polar surface area (TPSA) is 78.5 Å². The molecule has 2 N–H and O–H groups in total. The van der Waals surface area contributed by atoms with E-state index in [1.807, 2.05) is 25.1 Å². The van der Waals surface area contributed by atoms with Crippen LogP contribution in [0.15, 0.2) is 48.5 Å². The predicted molar refractivity (Wildman–Crippen MR) is 100 cm³/mol. The van der Waals surface area contributed by atoms with Crippen molar-refractivity contribution in [1.82, 2.24) is 5.32 Å². The number of carbonyl (C=O) groups is 3. The lowest BCUT2D eigenvalue weighted by Gasteiger charge is -2.16. The fourth-order valence-electron chi connectivity index (χ4n) is 2.90. The Kier molecular flexibility index (Phi) is 5.31. The van der Waals surface area contributed by atoms with Crippen molar-refractivity contribution in [1.29, 1.82) is 0 Å². The number of rotatable bonds is 5. The number of anilines is 2. The Morgan fingerprint density at radius 3 is 2.54 bits per heavy atom. The molecule has 3 rings (SSSR count). The van der Waals surface area contributed by atoms with Crippen LogP contribution in [-0.2, 0) is 9.59 Å². The zero-order chi connectivity index (χ0) is 18.5. The molecular weight excluding hydrogens is 330 g/mol. The number of hydrogen-bond donors (Lipinski definition) is 2. The second-order valence-electron chi connectivity index (χ2n) is 6.30. The first-order valence-corrected chi connectivity index (χ1v) is 8.58. The Hall–Kier alpha value is -3.15. The van der Waals surface area contributed by atoms with Crippen LogP contribution in [0.1, 0.15) is 28.8 Å². The van der Waals surface area contributed by atoms with Gasteiger partial charge in [0.25, 0.3) is 5.91 Å². The highest BCUT2D eigenvalue weighted by Gasteiger charge is 2.21. The van der Waals surface area contributed by atoms with E-state index in [0.717, 1.165) is 24.2 Å². The number of carbonyl (C=O) groups excluding carboxylic acids is 3. The van der Waals surface area contributed by atoms with E-state index in [2.05, 4.69) is 10.6 Å². The number of nitrogens with zero attached hydrogens (tertiary/aromatic N) is 1. The maximum atomic E-state index is 12.0. The van der Waals surface area contributed by atoms with Crippen LogP contribution in [0.4, 0.5) is 11.4 Å². The number of benzene rings is 2. The van der Waals surface area contributed by atoms with Crippen molar-refractivity contribution in [3.05, 3.63) is 59.7 Å². The molecular formula is C20H21N3O3. The smallest absolute Gasteiger partial charge is 0.251 e. The van der Waals surface area contributed by atoms with E-state index in [-0.39, 0.29) is 24.3 Å². The molecule has 1 aliphatic rings. The molecule has 0 spiro atoms. The first-order valence-electron chi connectivity index (χ1n) is 8.58. The minimum atomic E-state index is -0.309. The molecule has 2 aromatic rings. The van der Waals surface area contributed by atoms with Gasteiger partial charge >= 0.3 is 0 Å². The van der Waals surface area contributed by atoms with Crippen molar-refractivity contribution in [3.8, 4) is 0 Å². The largest absolute Gasteiger partial charge is 0.343 e. The molecule has 0 aromatic heterocycles. The molecule has 1 saturated heterocycles. The predicted octanol–water partition coefficient (Wildman–Crippen LogP) is 2.49. The molecule has 3 amide bonds. The molecule has 26 heavy (non-hydrogen) atoms. The number of hydrogen-bond acceptors (Lipinski definition) is 3. The summed E-state index contributed by atoms with van der Waals surface area (Å²) in [6.45, 7) is 2.53. The van der Waals surface area contributed by atoms with E-state index in [9.17, 15) is 14.4 Å². The molecule has 1 heterocycles. The zero-order valence-corrected chi connectivity index (χ0v) is 14.6. The quantitative estimate of drug-likeness (QED) is 0.869. The van der Waals surface area contributed by atoms with E-state index in [4.69, 9.17) is 0 Å². The van der Waals surface area contributed by atoms with Crippen molar-refractivity contribution in [2.45, 2.75) is 19.8 Å². The summed E-state index contributed by atoms with van der Waals surface area (Å²) in [6, 6.07) is 14.3. The van der Waals surface area contributed by atoms with Crippen molar-refractivity contribution >= 4 is 29.1 Å². The highest BCUT2D eigenvalue weighted by molar-refractivity contribution is 5.99. The molecule has 1 aliphatic heterocycles. The van der Waals surface area contributed by atoms with Crippen LogP contribution >= 0.6 is 0 Å². The van der Waals surface area contributed by atoms with Crippen LogP contribution in [-0.4, -0.2) is 30.8 Å². The summed E-state index contributed by atoms with van der Waals surface area (Å²) in [6.07, 6.45) is 1.46. The van der Waals surface area contributed by atoms with Gasteiger partial charge in [0.05, 0.1) is 6.54 Å². The van der Waals surface area contributed by atoms with Crippen LogP contribution in [0.2, 0.25) is 0 Å². The van der Waals surface area contributed by atoms with Crippen molar-refractivity contribution in [2.75, 3.05) is 23.3 Å². The van der Waals surface area contributed by atoms with Gasteiger partial charge in [0.2, 0.25) is 11.8 Å². The lowest BCUT2D eigenvalue weighted by Crippen LogP contribution is -2.32. The first kappa shape index (κ1) is 17.7. The summed E-state index contributed by atoms with van der Waals surface area (Å²) in [4.78, 5) is 37.5. The molecule has 1 fully saturated rings. The Bertz CT molecular complexity index is 830. The molecule has 134 valence electrons. The monoisotopic (exact) mass is 351 g/mol. The maximum absolute atomic E-state index is 12.0. The van der Waals surface area contributed by atoms with Gasteiger partial charge in [-0.1, -0.05) is 17.7 Å². The highest BCUT2D eigenvalue weighted by atomic mass is 16.2. The number of amides is 3. The second kappa shape index (κ2) is 7.82.